The number of carbonyl (C=O) groups is 1. The molecule has 0 aliphatic rings. The van der Waals surface area contributed by atoms with Crippen LogP contribution in [0, 0.1) is 0 Å². The van der Waals surface area contributed by atoms with Crippen molar-refractivity contribution in [2.75, 3.05) is 0 Å². The molecule has 0 radical (unpaired) electrons. The molecule has 7 heteroatoms. The van der Waals surface area contributed by atoms with Crippen LogP contribution in [0.5, 0.6) is 11.6 Å². The van der Waals surface area contributed by atoms with Crippen LogP contribution in [0.2, 0.25) is 5.02 Å². The Morgan fingerprint density at radius 1 is 1.53 bits per heavy atom. The topological polar surface area (TPSA) is 77.2 Å². The van der Waals surface area contributed by atoms with Gasteiger partial charge in [-0.15, -0.1) is 0 Å². The van der Waals surface area contributed by atoms with Crippen LogP contribution in [0.1, 0.15) is 10.4 Å². The van der Waals surface area contributed by atoms with Crippen molar-refractivity contribution in [1.29, 1.82) is 0 Å². The third-order valence-corrected chi connectivity index (χ3v) is 2.22. The normalized spacial score (nSPS) is 10.2. The summed E-state index contributed by atoms with van der Waals surface area (Å²) < 4.78 is 6.91. The second-order valence-electron chi connectivity index (χ2n) is 3.27. The molecule has 88 valence electrons. The van der Waals surface area contributed by atoms with Crippen molar-refractivity contribution in [2.45, 2.75) is 0 Å². The van der Waals surface area contributed by atoms with Crippen LogP contribution in [0.4, 0.5) is 0 Å². The van der Waals surface area contributed by atoms with E-state index in [1.807, 2.05) is 0 Å². The number of aromatic carboxylic acids is 1. The molecule has 0 saturated carbocycles. The van der Waals surface area contributed by atoms with E-state index in [-0.39, 0.29) is 16.5 Å². The number of aromatic nitrogens is 3. The highest BCUT2D eigenvalue weighted by Gasteiger charge is 2.10. The van der Waals surface area contributed by atoms with Gasteiger partial charge in [0.05, 0.1) is 18.0 Å². The maximum atomic E-state index is 10.7. The number of hydrogen-bond acceptors (Lipinski definition) is 4. The Bertz CT molecular complexity index is 568. The summed E-state index contributed by atoms with van der Waals surface area (Å²) in [5.41, 5.74) is 0.00790. The van der Waals surface area contributed by atoms with Crippen molar-refractivity contribution in [1.82, 2.24) is 14.8 Å². The summed E-state index contributed by atoms with van der Waals surface area (Å²) in [6.07, 6.45) is 4.33. The van der Waals surface area contributed by atoms with E-state index in [0.29, 0.717) is 5.75 Å². The number of carboxylic acid groups (broad SMARTS) is 1. The number of rotatable bonds is 3. The molecule has 0 amide bonds. The first-order valence-corrected chi connectivity index (χ1v) is 4.99. The third kappa shape index (κ3) is 2.54. The Kier molecular flexibility index (Phi) is 2.97. The Balaban J connectivity index is 2.25. The van der Waals surface area contributed by atoms with Crippen LogP contribution >= 0.6 is 11.6 Å². The SMILES string of the molecule is Cn1cc(Oc2ncc(C(=O)O)cc2Cl)cn1. The molecule has 0 unspecified atom stereocenters. The molecule has 17 heavy (non-hydrogen) atoms. The molecule has 2 aromatic rings. The van der Waals surface area contributed by atoms with Gasteiger partial charge in [-0.05, 0) is 6.07 Å². The van der Waals surface area contributed by atoms with E-state index >= 15 is 0 Å². The van der Waals surface area contributed by atoms with Crippen LogP contribution in [-0.4, -0.2) is 25.8 Å². The van der Waals surface area contributed by atoms with Crippen LogP contribution in [0.3, 0.4) is 0 Å². The maximum Gasteiger partial charge on any atom is 0.337 e. The minimum absolute atomic E-state index is 0.00790. The largest absolute Gasteiger partial charge is 0.478 e. The second-order valence-corrected chi connectivity index (χ2v) is 3.68. The molecule has 0 atom stereocenters. The lowest BCUT2D eigenvalue weighted by Gasteiger charge is -2.04. The standard InChI is InChI=1S/C10H8ClN3O3/c1-14-5-7(4-13-14)17-9-8(11)2-6(3-12-9)10(15)16/h2-5H,1H3,(H,15,16). The van der Waals surface area contributed by atoms with E-state index in [2.05, 4.69) is 10.1 Å². The van der Waals surface area contributed by atoms with Crippen molar-refractivity contribution in [3.8, 4) is 11.6 Å². The van der Waals surface area contributed by atoms with Crippen LogP contribution in [-0.2, 0) is 7.05 Å². The molecule has 2 heterocycles. The molecule has 2 rings (SSSR count). The average molecular weight is 254 g/mol. The van der Waals surface area contributed by atoms with Crippen molar-refractivity contribution < 1.29 is 14.6 Å². The minimum atomic E-state index is -1.09. The number of ether oxygens (including phenoxy) is 1. The minimum Gasteiger partial charge on any atom is -0.478 e. The predicted octanol–water partition coefficient (Wildman–Crippen LogP) is 1.96. The Labute approximate surface area is 101 Å². The van der Waals surface area contributed by atoms with Gasteiger partial charge in [0.2, 0.25) is 5.88 Å². The molecule has 0 aromatic carbocycles. The second kappa shape index (κ2) is 4.42. The van der Waals surface area contributed by atoms with Gasteiger partial charge in [0, 0.05) is 13.2 Å². The summed E-state index contributed by atoms with van der Waals surface area (Å²) in [7, 11) is 1.75. The molecular weight excluding hydrogens is 246 g/mol. The number of nitrogens with zero attached hydrogens (tertiary/aromatic N) is 3. The fourth-order valence-electron chi connectivity index (χ4n) is 1.18. The Morgan fingerprint density at radius 3 is 2.82 bits per heavy atom. The van der Waals surface area contributed by atoms with Gasteiger partial charge < -0.3 is 9.84 Å². The van der Waals surface area contributed by atoms with Gasteiger partial charge in [0.25, 0.3) is 0 Å². The van der Waals surface area contributed by atoms with Gasteiger partial charge in [-0.1, -0.05) is 11.6 Å². The number of aryl methyl sites for hydroxylation is 1. The number of carboxylic acids is 1. The zero-order valence-electron chi connectivity index (χ0n) is 8.79. The first-order chi connectivity index (χ1) is 8.06. The van der Waals surface area contributed by atoms with Crippen LogP contribution < -0.4 is 4.74 Å². The van der Waals surface area contributed by atoms with Crippen LogP contribution in [0.15, 0.2) is 24.7 Å². The predicted molar refractivity (Wildman–Crippen MR) is 59.5 cm³/mol. The van der Waals surface area contributed by atoms with E-state index in [1.165, 1.54) is 18.5 Å². The summed E-state index contributed by atoms with van der Waals surface area (Å²) in [6, 6.07) is 1.28. The molecular formula is C10H8ClN3O3. The summed E-state index contributed by atoms with van der Waals surface area (Å²) in [4.78, 5) is 14.5. The van der Waals surface area contributed by atoms with Gasteiger partial charge in [-0.3, -0.25) is 4.68 Å². The Morgan fingerprint density at radius 2 is 2.29 bits per heavy atom. The first kappa shape index (κ1) is 11.4. The molecule has 6 nitrogen and oxygen atoms in total. The lowest BCUT2D eigenvalue weighted by Crippen LogP contribution is -1.98. The maximum absolute atomic E-state index is 10.7. The number of pyridine rings is 1. The zero-order chi connectivity index (χ0) is 12.4. The Hall–Kier alpha value is -2.08. The molecule has 0 aliphatic heterocycles. The molecule has 0 bridgehead atoms. The van der Waals surface area contributed by atoms with E-state index < -0.39 is 5.97 Å². The lowest BCUT2D eigenvalue weighted by atomic mass is 10.3. The monoisotopic (exact) mass is 253 g/mol. The fourth-order valence-corrected chi connectivity index (χ4v) is 1.39. The van der Waals surface area contributed by atoms with Crippen molar-refractivity contribution in [3.63, 3.8) is 0 Å². The quantitative estimate of drug-likeness (QED) is 0.905. The van der Waals surface area contributed by atoms with E-state index in [0.717, 1.165) is 0 Å². The van der Waals surface area contributed by atoms with Gasteiger partial charge in [-0.2, -0.15) is 5.10 Å². The molecule has 0 aliphatic carbocycles. The molecule has 0 spiro atoms. The average Bonchev–Trinajstić information content (AvgIpc) is 2.67. The zero-order valence-corrected chi connectivity index (χ0v) is 9.55. The fraction of sp³-hybridized carbons (Fsp3) is 0.100. The molecule has 2 aromatic heterocycles. The van der Waals surface area contributed by atoms with Crippen molar-refractivity contribution >= 4 is 17.6 Å². The summed E-state index contributed by atoms with van der Waals surface area (Å²) in [6.45, 7) is 0. The van der Waals surface area contributed by atoms with Gasteiger partial charge in [0.1, 0.15) is 5.02 Å². The highest BCUT2D eigenvalue weighted by molar-refractivity contribution is 6.32. The van der Waals surface area contributed by atoms with Crippen LogP contribution in [0.25, 0.3) is 0 Å². The van der Waals surface area contributed by atoms with E-state index in [1.54, 1.807) is 17.9 Å². The van der Waals surface area contributed by atoms with Crippen molar-refractivity contribution in [2.24, 2.45) is 7.05 Å². The van der Waals surface area contributed by atoms with E-state index in [4.69, 9.17) is 21.4 Å². The summed E-state index contributed by atoms with van der Waals surface area (Å²) in [5.74, 6) is -0.470. The molecule has 0 saturated heterocycles. The molecule has 0 fully saturated rings. The van der Waals surface area contributed by atoms with Gasteiger partial charge in [-0.25, -0.2) is 9.78 Å². The molecule has 1 N–H and O–H groups in total. The van der Waals surface area contributed by atoms with E-state index in [9.17, 15) is 4.79 Å². The number of halogens is 1. The summed E-state index contributed by atoms with van der Waals surface area (Å²) >= 11 is 5.85. The van der Waals surface area contributed by atoms with Crippen molar-refractivity contribution in [3.05, 3.63) is 35.2 Å². The van der Waals surface area contributed by atoms with Gasteiger partial charge >= 0.3 is 5.97 Å². The summed E-state index contributed by atoms with van der Waals surface area (Å²) in [5, 5.41) is 12.8. The number of hydrogen-bond donors (Lipinski definition) is 1. The third-order valence-electron chi connectivity index (χ3n) is 1.95. The lowest BCUT2D eigenvalue weighted by molar-refractivity contribution is 0.0696. The highest BCUT2D eigenvalue weighted by atomic mass is 35.5. The van der Waals surface area contributed by atoms with Gasteiger partial charge in [0.15, 0.2) is 5.75 Å². The highest BCUT2D eigenvalue weighted by Crippen LogP contribution is 2.27. The first-order valence-electron chi connectivity index (χ1n) is 4.61. The smallest absolute Gasteiger partial charge is 0.337 e.